The van der Waals surface area contributed by atoms with Crippen LogP contribution in [0.15, 0.2) is 42.7 Å². The largest absolute Gasteiger partial charge is 0.492 e. The normalized spacial score (nSPS) is 13.4. The number of amides is 2. The van der Waals surface area contributed by atoms with Crippen LogP contribution in [0.3, 0.4) is 0 Å². The Morgan fingerprint density at radius 2 is 1.91 bits per heavy atom. The first-order chi connectivity index (χ1) is 15.5. The molecule has 1 heterocycles. The van der Waals surface area contributed by atoms with Crippen molar-refractivity contribution in [3.8, 4) is 11.8 Å². The number of pyridine rings is 1. The fourth-order valence-electron chi connectivity index (χ4n) is 3.89. The number of nitrogens with zero attached hydrogens (tertiary/aromatic N) is 4. The average Bonchev–Trinajstić information content (AvgIpc) is 3.31. The van der Waals surface area contributed by atoms with Crippen molar-refractivity contribution >= 4 is 29.3 Å². The number of rotatable bonds is 9. The number of anilines is 1. The topological polar surface area (TPSA) is 107 Å². The molecule has 1 aromatic heterocycles. The van der Waals surface area contributed by atoms with E-state index < -0.39 is 6.09 Å². The molecule has 0 atom stereocenters. The maximum absolute atomic E-state index is 13.2. The van der Waals surface area contributed by atoms with Gasteiger partial charge in [0.05, 0.1) is 24.7 Å². The molecule has 9 heteroatoms. The van der Waals surface area contributed by atoms with Gasteiger partial charge in [0.25, 0.3) is 5.91 Å². The molecule has 168 valence electrons. The summed E-state index contributed by atoms with van der Waals surface area (Å²) in [5, 5.41) is 18.8. The van der Waals surface area contributed by atoms with Crippen molar-refractivity contribution in [3.63, 3.8) is 0 Å². The van der Waals surface area contributed by atoms with Crippen LogP contribution >= 0.6 is 11.6 Å². The zero-order valence-corrected chi connectivity index (χ0v) is 18.4. The minimum Gasteiger partial charge on any atom is -0.492 e. The SMILES string of the molecule is N#CCCN(C(=O)c1cc(Cl)cc(OCCN(C(=O)O)c2ccncc2)c1)C1CCCC1. The summed E-state index contributed by atoms with van der Waals surface area (Å²) in [4.78, 5) is 31.6. The molecule has 1 N–H and O–H groups in total. The van der Waals surface area contributed by atoms with E-state index in [9.17, 15) is 14.7 Å². The minimum absolute atomic E-state index is 0.0728. The third-order valence-electron chi connectivity index (χ3n) is 5.40. The summed E-state index contributed by atoms with van der Waals surface area (Å²) in [6, 6.07) is 10.2. The van der Waals surface area contributed by atoms with E-state index in [4.69, 9.17) is 21.6 Å². The summed E-state index contributed by atoms with van der Waals surface area (Å²) in [5.41, 5.74) is 0.879. The first-order valence-corrected chi connectivity index (χ1v) is 10.9. The molecule has 3 rings (SSSR count). The summed E-state index contributed by atoms with van der Waals surface area (Å²) < 4.78 is 5.74. The highest BCUT2D eigenvalue weighted by Crippen LogP contribution is 2.28. The molecule has 32 heavy (non-hydrogen) atoms. The maximum atomic E-state index is 13.2. The first-order valence-electron chi connectivity index (χ1n) is 10.5. The maximum Gasteiger partial charge on any atom is 0.411 e. The fraction of sp³-hybridized carbons (Fsp3) is 0.391. The number of hydrogen-bond donors (Lipinski definition) is 1. The molecule has 1 aromatic carbocycles. The highest BCUT2D eigenvalue weighted by Gasteiger charge is 2.27. The van der Waals surface area contributed by atoms with E-state index in [1.54, 1.807) is 35.2 Å². The number of ether oxygens (including phenoxy) is 1. The van der Waals surface area contributed by atoms with Gasteiger partial charge in [-0.2, -0.15) is 5.26 Å². The average molecular weight is 457 g/mol. The summed E-state index contributed by atoms with van der Waals surface area (Å²) in [7, 11) is 0. The molecule has 2 amide bonds. The number of carbonyl (C=O) groups is 2. The zero-order valence-electron chi connectivity index (χ0n) is 17.6. The molecule has 0 aliphatic heterocycles. The number of halogens is 1. The molecule has 0 radical (unpaired) electrons. The number of aromatic nitrogens is 1. The Morgan fingerprint density at radius 1 is 1.19 bits per heavy atom. The van der Waals surface area contributed by atoms with Gasteiger partial charge in [-0.3, -0.25) is 14.7 Å². The van der Waals surface area contributed by atoms with E-state index in [1.165, 1.54) is 12.4 Å². The van der Waals surface area contributed by atoms with Crippen LogP contribution in [0.1, 0.15) is 42.5 Å². The lowest BCUT2D eigenvalue weighted by atomic mass is 10.1. The van der Waals surface area contributed by atoms with E-state index >= 15 is 0 Å². The number of carbonyl (C=O) groups excluding carboxylic acids is 1. The molecule has 0 bridgehead atoms. The van der Waals surface area contributed by atoms with Crippen LogP contribution in [0.25, 0.3) is 0 Å². The van der Waals surface area contributed by atoms with Crippen LogP contribution in [-0.2, 0) is 0 Å². The monoisotopic (exact) mass is 456 g/mol. The van der Waals surface area contributed by atoms with Gasteiger partial charge >= 0.3 is 6.09 Å². The molecule has 0 saturated heterocycles. The lowest BCUT2D eigenvalue weighted by Crippen LogP contribution is -2.39. The van der Waals surface area contributed by atoms with E-state index in [0.29, 0.717) is 28.6 Å². The van der Waals surface area contributed by atoms with Crippen molar-refractivity contribution in [2.45, 2.75) is 38.1 Å². The van der Waals surface area contributed by atoms with Crippen LogP contribution in [0, 0.1) is 11.3 Å². The first kappa shape index (κ1) is 23.4. The van der Waals surface area contributed by atoms with Crippen LogP contribution in [0.2, 0.25) is 5.02 Å². The molecule has 1 aliphatic rings. The molecule has 1 saturated carbocycles. The van der Waals surface area contributed by atoms with Crippen LogP contribution in [-0.4, -0.2) is 52.7 Å². The number of nitriles is 1. The molecule has 2 aromatic rings. The molecule has 1 aliphatic carbocycles. The van der Waals surface area contributed by atoms with E-state index in [0.717, 1.165) is 30.6 Å². The van der Waals surface area contributed by atoms with Gasteiger partial charge in [-0.25, -0.2) is 4.79 Å². The van der Waals surface area contributed by atoms with Gasteiger partial charge in [-0.15, -0.1) is 0 Å². The van der Waals surface area contributed by atoms with Gasteiger partial charge < -0.3 is 14.7 Å². The number of carboxylic acid groups (broad SMARTS) is 1. The molecular formula is C23H25ClN4O4. The predicted molar refractivity (Wildman–Crippen MR) is 120 cm³/mol. The Kier molecular flexibility index (Phi) is 8.28. The van der Waals surface area contributed by atoms with Crippen molar-refractivity contribution < 1.29 is 19.4 Å². The van der Waals surface area contributed by atoms with Gasteiger partial charge in [-0.05, 0) is 43.2 Å². The van der Waals surface area contributed by atoms with Crippen LogP contribution in [0.4, 0.5) is 10.5 Å². The molecular weight excluding hydrogens is 432 g/mol. The van der Waals surface area contributed by atoms with Gasteiger partial charge in [0.1, 0.15) is 12.4 Å². The summed E-state index contributed by atoms with van der Waals surface area (Å²) in [5.74, 6) is 0.205. The minimum atomic E-state index is -1.11. The quantitative estimate of drug-likeness (QED) is 0.591. The van der Waals surface area contributed by atoms with Crippen molar-refractivity contribution in [2.75, 3.05) is 24.6 Å². The Labute approximate surface area is 192 Å². The highest BCUT2D eigenvalue weighted by atomic mass is 35.5. The Bertz CT molecular complexity index is 974. The van der Waals surface area contributed by atoms with E-state index in [-0.39, 0.29) is 31.5 Å². The number of hydrogen-bond acceptors (Lipinski definition) is 5. The summed E-state index contributed by atoms with van der Waals surface area (Å²) >= 11 is 6.24. The summed E-state index contributed by atoms with van der Waals surface area (Å²) in [6.45, 7) is 0.539. The third-order valence-corrected chi connectivity index (χ3v) is 5.62. The fourth-order valence-corrected chi connectivity index (χ4v) is 4.11. The van der Waals surface area contributed by atoms with Crippen LogP contribution in [0.5, 0.6) is 5.75 Å². The van der Waals surface area contributed by atoms with Crippen LogP contribution < -0.4 is 9.64 Å². The Balaban J connectivity index is 1.70. The molecule has 8 nitrogen and oxygen atoms in total. The van der Waals surface area contributed by atoms with E-state index in [2.05, 4.69) is 11.1 Å². The number of benzene rings is 1. The van der Waals surface area contributed by atoms with Gasteiger partial charge in [0.2, 0.25) is 0 Å². The second-order valence-electron chi connectivity index (χ2n) is 7.51. The molecule has 0 unspecified atom stereocenters. The second-order valence-corrected chi connectivity index (χ2v) is 7.95. The van der Waals surface area contributed by atoms with Crippen molar-refractivity contribution in [3.05, 3.63) is 53.3 Å². The van der Waals surface area contributed by atoms with Gasteiger partial charge in [0, 0.05) is 35.6 Å². The Morgan fingerprint density at radius 3 is 2.56 bits per heavy atom. The van der Waals surface area contributed by atoms with Crippen molar-refractivity contribution in [2.24, 2.45) is 0 Å². The molecule has 1 fully saturated rings. The van der Waals surface area contributed by atoms with Gasteiger partial charge in [0.15, 0.2) is 0 Å². The zero-order chi connectivity index (χ0) is 22.9. The summed E-state index contributed by atoms with van der Waals surface area (Å²) in [6.07, 6.45) is 6.21. The molecule has 0 spiro atoms. The standard InChI is InChI=1S/C23H25ClN4O4/c24-18-14-17(22(29)27(11-3-8-25)19-4-1-2-5-19)15-21(16-18)32-13-12-28(23(30)31)20-6-9-26-10-7-20/h6-7,9-10,14-16,19H,1-5,11-13H2,(H,30,31). The van der Waals surface area contributed by atoms with E-state index in [1.807, 2.05) is 0 Å². The Hall–Kier alpha value is -3.31. The smallest absolute Gasteiger partial charge is 0.411 e. The lowest BCUT2D eigenvalue weighted by molar-refractivity contribution is 0.0685. The third kappa shape index (κ3) is 6.11. The van der Waals surface area contributed by atoms with Gasteiger partial charge in [-0.1, -0.05) is 24.4 Å². The predicted octanol–water partition coefficient (Wildman–Crippen LogP) is 4.60. The second kappa shape index (κ2) is 11.3. The van der Waals surface area contributed by atoms with Crippen molar-refractivity contribution in [1.29, 1.82) is 5.26 Å². The highest BCUT2D eigenvalue weighted by molar-refractivity contribution is 6.31. The lowest BCUT2D eigenvalue weighted by Gasteiger charge is -2.28. The van der Waals surface area contributed by atoms with Crippen molar-refractivity contribution in [1.82, 2.24) is 9.88 Å².